The zero-order chi connectivity index (χ0) is 17.3. The molecular weight excluding hydrogens is 309 g/mol. The Bertz CT molecular complexity index is 553. The number of carbonyl (C=O) groups is 3. The Kier molecular flexibility index (Phi) is 4.88. The molecule has 1 saturated heterocycles. The number of esters is 1. The molecule has 4 atom stereocenters. The maximum atomic E-state index is 13.9. The van der Waals surface area contributed by atoms with Gasteiger partial charge in [0.25, 0.3) is 0 Å². The van der Waals surface area contributed by atoms with Crippen LogP contribution in [0.1, 0.15) is 27.2 Å². The Morgan fingerprint density at radius 1 is 1.52 bits per heavy atom. The van der Waals surface area contributed by atoms with Crippen LogP contribution in [0.2, 0.25) is 0 Å². The molecule has 2 N–H and O–H groups in total. The van der Waals surface area contributed by atoms with Crippen molar-refractivity contribution < 1.29 is 28.3 Å². The third kappa shape index (κ3) is 3.29. The van der Waals surface area contributed by atoms with Crippen LogP contribution in [0, 0.1) is 0 Å². The fourth-order valence-electron chi connectivity index (χ4n) is 2.58. The first-order chi connectivity index (χ1) is 10.8. The highest BCUT2D eigenvalue weighted by molar-refractivity contribution is 5.90. The third-order valence-electron chi connectivity index (χ3n) is 3.87. The predicted molar refractivity (Wildman–Crippen MR) is 76.3 cm³/mol. The second kappa shape index (κ2) is 6.53. The van der Waals surface area contributed by atoms with E-state index < -0.39 is 42.5 Å². The first-order valence-corrected chi connectivity index (χ1v) is 7.35. The fourth-order valence-corrected chi connectivity index (χ4v) is 2.58. The van der Waals surface area contributed by atoms with Crippen LogP contribution >= 0.6 is 0 Å². The number of carbonyl (C=O) groups excluding carboxylic acids is 3. The quantitative estimate of drug-likeness (QED) is 0.564. The van der Waals surface area contributed by atoms with Crippen molar-refractivity contribution in [2.24, 2.45) is 5.73 Å². The Labute approximate surface area is 132 Å². The molecule has 1 fully saturated rings. The van der Waals surface area contributed by atoms with Gasteiger partial charge in [0.1, 0.15) is 6.04 Å². The first kappa shape index (κ1) is 17.2. The van der Waals surface area contributed by atoms with Crippen LogP contribution in [0.3, 0.4) is 0 Å². The molecular formula is C14H20FN3O5. The predicted octanol–water partition coefficient (Wildman–Crippen LogP) is 0.475. The molecule has 23 heavy (non-hydrogen) atoms. The van der Waals surface area contributed by atoms with Gasteiger partial charge in [0.15, 0.2) is 0 Å². The Hall–Kier alpha value is -2.16. The number of nitrogens with zero attached hydrogens (tertiary/aromatic N) is 2. The standard InChI is InChI=1S/C14H20FN3O5/c1-4-8(3)22-13(20)11(15)23-18-9-5-7(2)10(12(16)19)17(6-9)14(18)21/h5,8-11H,4,6H2,1-3H3,(H2,16,19)/t8?,9-,10+,11-/m1/s1. The number of hydrogen-bond acceptors (Lipinski definition) is 5. The number of alkyl halides is 1. The largest absolute Gasteiger partial charge is 0.459 e. The summed E-state index contributed by atoms with van der Waals surface area (Å²) in [7, 11) is 0. The Morgan fingerprint density at radius 2 is 2.17 bits per heavy atom. The maximum absolute atomic E-state index is 13.9. The number of amides is 3. The molecule has 0 aromatic rings. The third-order valence-corrected chi connectivity index (χ3v) is 3.87. The lowest BCUT2D eigenvalue weighted by atomic mass is 10.0. The van der Waals surface area contributed by atoms with E-state index in [9.17, 15) is 18.8 Å². The van der Waals surface area contributed by atoms with Gasteiger partial charge in [0.05, 0.1) is 18.7 Å². The van der Waals surface area contributed by atoms with Gasteiger partial charge in [-0.1, -0.05) is 13.0 Å². The average Bonchev–Trinajstić information content (AvgIpc) is 2.71. The number of urea groups is 1. The molecule has 8 nitrogen and oxygen atoms in total. The number of hydroxylamine groups is 2. The number of ether oxygens (including phenoxy) is 1. The minimum absolute atomic E-state index is 0.136. The van der Waals surface area contributed by atoms with Gasteiger partial charge >= 0.3 is 18.4 Å². The molecule has 2 rings (SSSR count). The van der Waals surface area contributed by atoms with Crippen molar-refractivity contribution in [3.05, 3.63) is 11.6 Å². The first-order valence-electron chi connectivity index (χ1n) is 7.35. The smallest absolute Gasteiger partial charge is 0.371 e. The van der Waals surface area contributed by atoms with Crippen molar-refractivity contribution >= 4 is 17.9 Å². The van der Waals surface area contributed by atoms with E-state index >= 15 is 0 Å². The van der Waals surface area contributed by atoms with E-state index in [1.807, 2.05) is 0 Å². The minimum atomic E-state index is -2.42. The van der Waals surface area contributed by atoms with Gasteiger partial charge in [-0.3, -0.25) is 4.79 Å². The highest BCUT2D eigenvalue weighted by atomic mass is 19.1. The van der Waals surface area contributed by atoms with Crippen molar-refractivity contribution in [2.45, 2.75) is 51.7 Å². The Morgan fingerprint density at radius 3 is 2.74 bits per heavy atom. The van der Waals surface area contributed by atoms with E-state index in [2.05, 4.69) is 0 Å². The lowest BCUT2D eigenvalue weighted by Gasteiger charge is -2.27. The molecule has 0 aliphatic carbocycles. The van der Waals surface area contributed by atoms with Gasteiger partial charge in [-0.15, -0.1) is 0 Å². The molecule has 0 radical (unpaired) electrons. The monoisotopic (exact) mass is 329 g/mol. The van der Waals surface area contributed by atoms with Crippen LogP contribution in [0.25, 0.3) is 0 Å². The number of hydrogen-bond donors (Lipinski definition) is 1. The summed E-state index contributed by atoms with van der Waals surface area (Å²) in [6.45, 7) is 5.18. The van der Waals surface area contributed by atoms with E-state index in [1.54, 1.807) is 26.8 Å². The summed E-state index contributed by atoms with van der Waals surface area (Å²) in [5, 5.41) is 0.745. The number of primary amides is 1. The summed E-state index contributed by atoms with van der Waals surface area (Å²) < 4.78 is 18.7. The van der Waals surface area contributed by atoms with Gasteiger partial charge in [0.2, 0.25) is 5.91 Å². The maximum Gasteiger partial charge on any atom is 0.371 e. The van der Waals surface area contributed by atoms with E-state index in [1.165, 1.54) is 4.90 Å². The van der Waals surface area contributed by atoms with Crippen molar-refractivity contribution in [1.29, 1.82) is 0 Å². The zero-order valence-corrected chi connectivity index (χ0v) is 13.2. The summed E-state index contributed by atoms with van der Waals surface area (Å²) in [6, 6.07) is -2.20. The van der Waals surface area contributed by atoms with Crippen LogP contribution in [-0.4, -0.2) is 59.0 Å². The normalized spacial score (nSPS) is 25.9. The second-order valence-corrected chi connectivity index (χ2v) is 5.62. The zero-order valence-electron chi connectivity index (χ0n) is 13.2. The van der Waals surface area contributed by atoms with Crippen LogP contribution in [0.15, 0.2) is 11.6 Å². The summed E-state index contributed by atoms with van der Waals surface area (Å²) in [4.78, 5) is 41.3. The molecule has 0 aromatic heterocycles. The number of rotatable bonds is 6. The summed E-state index contributed by atoms with van der Waals surface area (Å²) in [6.07, 6.45) is -0.749. The van der Waals surface area contributed by atoms with Crippen LogP contribution < -0.4 is 5.73 Å². The molecule has 2 aliphatic rings. The second-order valence-electron chi connectivity index (χ2n) is 5.62. The summed E-state index contributed by atoms with van der Waals surface area (Å²) in [5.74, 6) is -1.88. The lowest BCUT2D eigenvalue weighted by molar-refractivity contribution is -0.225. The molecule has 1 unspecified atom stereocenters. The number of nitrogens with two attached hydrogens (primary N) is 1. The van der Waals surface area contributed by atoms with Gasteiger partial charge < -0.3 is 15.4 Å². The minimum Gasteiger partial charge on any atom is -0.459 e. The molecule has 128 valence electrons. The van der Waals surface area contributed by atoms with Gasteiger partial charge in [-0.25, -0.2) is 18.8 Å². The molecule has 3 amide bonds. The SMILES string of the molecule is CCC(C)OC(=O)[C@H](F)ON1C(=O)N2C[C@H]1C=C(C)[C@H]2C(N)=O. The van der Waals surface area contributed by atoms with Crippen molar-refractivity contribution in [1.82, 2.24) is 9.96 Å². The van der Waals surface area contributed by atoms with Crippen LogP contribution in [0.5, 0.6) is 0 Å². The lowest BCUT2D eigenvalue weighted by Crippen LogP contribution is -2.48. The van der Waals surface area contributed by atoms with Crippen molar-refractivity contribution in [3.8, 4) is 0 Å². The average molecular weight is 329 g/mol. The molecule has 2 bridgehead atoms. The van der Waals surface area contributed by atoms with Crippen LogP contribution in [-0.2, 0) is 19.2 Å². The summed E-state index contributed by atoms with van der Waals surface area (Å²) in [5.41, 5.74) is 5.86. The molecule has 9 heteroatoms. The molecule has 2 aliphatic heterocycles. The summed E-state index contributed by atoms with van der Waals surface area (Å²) >= 11 is 0. The highest BCUT2D eigenvalue weighted by Crippen LogP contribution is 2.30. The fraction of sp³-hybridized carbons (Fsp3) is 0.643. The topological polar surface area (TPSA) is 102 Å². The number of halogens is 1. The molecule has 0 aromatic carbocycles. The highest BCUT2D eigenvalue weighted by Gasteiger charge is 2.48. The van der Waals surface area contributed by atoms with E-state index in [4.69, 9.17) is 15.3 Å². The van der Waals surface area contributed by atoms with Crippen molar-refractivity contribution in [3.63, 3.8) is 0 Å². The van der Waals surface area contributed by atoms with E-state index in [0.29, 0.717) is 12.0 Å². The molecule has 0 saturated carbocycles. The Balaban J connectivity index is 2.07. The van der Waals surface area contributed by atoms with Gasteiger partial charge in [-0.05, 0) is 25.8 Å². The number of fused-ring (bicyclic) bond motifs is 2. The van der Waals surface area contributed by atoms with Crippen LogP contribution in [0.4, 0.5) is 9.18 Å². The van der Waals surface area contributed by atoms with E-state index in [0.717, 1.165) is 5.06 Å². The van der Waals surface area contributed by atoms with Gasteiger partial charge in [0, 0.05) is 0 Å². The molecule has 0 spiro atoms. The molecule has 2 heterocycles. The van der Waals surface area contributed by atoms with E-state index in [-0.39, 0.29) is 6.54 Å². The van der Waals surface area contributed by atoms with Crippen molar-refractivity contribution in [2.75, 3.05) is 6.54 Å². The van der Waals surface area contributed by atoms with Gasteiger partial charge in [-0.2, -0.15) is 5.06 Å².